The first-order chi connectivity index (χ1) is 10.2. The fraction of sp³-hybridized carbons (Fsp3) is 0.750. The van der Waals surface area contributed by atoms with Crippen LogP contribution >= 0.6 is 0 Å². The molecule has 0 saturated heterocycles. The summed E-state index contributed by atoms with van der Waals surface area (Å²) in [6, 6.07) is 0.513. The predicted octanol–water partition coefficient (Wildman–Crippen LogP) is 3.33. The number of nitrogens with zero attached hydrogens (tertiary/aromatic N) is 2. The third-order valence-corrected chi connectivity index (χ3v) is 4.93. The molecule has 0 aromatic carbocycles. The van der Waals surface area contributed by atoms with E-state index in [9.17, 15) is 0 Å². The molecule has 0 amide bonds. The maximum Gasteiger partial charge on any atom is 0.148 e. The molecule has 2 aliphatic rings. The molecular weight excluding hydrogens is 262 g/mol. The Kier molecular flexibility index (Phi) is 4.29. The number of aromatic nitrogens is 2. The summed E-state index contributed by atoms with van der Waals surface area (Å²) in [5.41, 5.74) is 3.75. The normalized spacial score (nSPS) is 26.2. The average molecular weight is 289 g/mol. The molecule has 5 nitrogen and oxygen atoms in total. The maximum absolute atomic E-state index is 5.63. The highest BCUT2D eigenvalue weighted by molar-refractivity contribution is 5.57. The van der Waals surface area contributed by atoms with E-state index in [1.807, 2.05) is 6.92 Å². The number of hydrogen-bond acceptors (Lipinski definition) is 5. The van der Waals surface area contributed by atoms with Gasteiger partial charge < -0.3 is 10.7 Å². The molecule has 2 fully saturated rings. The standard InChI is InChI=1S/C16H27N5/c1-10-6-4-3-5-7-13(10)18-14-11(2)15(21-17)20-16(19-14)12-8-9-12/h10,12-13H,3-9,17H2,1-2H3,(H2,18,19,20,21). The van der Waals surface area contributed by atoms with Crippen LogP contribution in [0.5, 0.6) is 0 Å². The van der Waals surface area contributed by atoms with Gasteiger partial charge in [-0.2, -0.15) is 0 Å². The Bertz CT molecular complexity index is 498. The Morgan fingerprint density at radius 3 is 2.43 bits per heavy atom. The van der Waals surface area contributed by atoms with Crippen LogP contribution in [0.3, 0.4) is 0 Å². The van der Waals surface area contributed by atoms with Crippen LogP contribution in [0.4, 0.5) is 11.6 Å². The van der Waals surface area contributed by atoms with E-state index in [1.54, 1.807) is 0 Å². The summed E-state index contributed by atoms with van der Waals surface area (Å²) >= 11 is 0. The van der Waals surface area contributed by atoms with Gasteiger partial charge in [0.25, 0.3) is 0 Å². The van der Waals surface area contributed by atoms with Gasteiger partial charge in [0.2, 0.25) is 0 Å². The third kappa shape index (κ3) is 3.28. The summed E-state index contributed by atoms with van der Waals surface area (Å²) < 4.78 is 0. The summed E-state index contributed by atoms with van der Waals surface area (Å²) in [4.78, 5) is 9.34. The lowest BCUT2D eigenvalue weighted by Gasteiger charge is -2.25. The van der Waals surface area contributed by atoms with Gasteiger partial charge in [-0.3, -0.25) is 0 Å². The predicted molar refractivity (Wildman–Crippen MR) is 86.2 cm³/mol. The van der Waals surface area contributed by atoms with Gasteiger partial charge >= 0.3 is 0 Å². The molecule has 2 atom stereocenters. The van der Waals surface area contributed by atoms with Crippen molar-refractivity contribution in [2.24, 2.45) is 11.8 Å². The van der Waals surface area contributed by atoms with E-state index in [0.717, 1.165) is 23.0 Å². The molecule has 2 unspecified atom stereocenters. The van der Waals surface area contributed by atoms with E-state index in [2.05, 4.69) is 22.7 Å². The minimum Gasteiger partial charge on any atom is -0.367 e. The molecule has 4 N–H and O–H groups in total. The van der Waals surface area contributed by atoms with Crippen LogP contribution in [0, 0.1) is 12.8 Å². The van der Waals surface area contributed by atoms with Crippen molar-refractivity contribution in [3.05, 3.63) is 11.4 Å². The SMILES string of the molecule is Cc1c(NN)nc(C2CC2)nc1NC1CCCCCC1C. The Labute approximate surface area is 127 Å². The van der Waals surface area contributed by atoms with Gasteiger partial charge in [-0.1, -0.05) is 26.2 Å². The highest BCUT2D eigenvalue weighted by Crippen LogP contribution is 2.39. The number of anilines is 2. The number of hydrazine groups is 1. The molecule has 0 radical (unpaired) electrons. The quantitative estimate of drug-likeness (QED) is 0.450. The fourth-order valence-corrected chi connectivity index (χ4v) is 3.22. The number of nitrogen functional groups attached to an aromatic ring is 1. The molecule has 2 aliphatic carbocycles. The topological polar surface area (TPSA) is 75.9 Å². The van der Waals surface area contributed by atoms with E-state index in [4.69, 9.17) is 10.8 Å². The summed E-state index contributed by atoms with van der Waals surface area (Å²) in [5.74, 6) is 9.53. The van der Waals surface area contributed by atoms with Crippen LogP contribution in [0.2, 0.25) is 0 Å². The molecule has 0 bridgehead atoms. The first-order valence-corrected chi connectivity index (χ1v) is 8.30. The number of rotatable bonds is 4. The van der Waals surface area contributed by atoms with Gasteiger partial charge in [0.05, 0.1) is 0 Å². The third-order valence-electron chi connectivity index (χ3n) is 4.93. The second-order valence-electron chi connectivity index (χ2n) is 6.69. The van der Waals surface area contributed by atoms with Crippen molar-refractivity contribution in [1.82, 2.24) is 9.97 Å². The lowest BCUT2D eigenvalue weighted by Crippen LogP contribution is -2.28. The Morgan fingerprint density at radius 2 is 1.71 bits per heavy atom. The zero-order valence-electron chi connectivity index (χ0n) is 13.2. The second-order valence-corrected chi connectivity index (χ2v) is 6.69. The van der Waals surface area contributed by atoms with Crippen LogP contribution in [-0.2, 0) is 0 Å². The second kappa shape index (κ2) is 6.18. The summed E-state index contributed by atoms with van der Waals surface area (Å²) in [5, 5.41) is 3.69. The number of hydrogen-bond donors (Lipinski definition) is 3. The van der Waals surface area contributed by atoms with Crippen molar-refractivity contribution in [2.45, 2.75) is 70.8 Å². The van der Waals surface area contributed by atoms with Crippen LogP contribution in [0.15, 0.2) is 0 Å². The van der Waals surface area contributed by atoms with Gasteiger partial charge in [-0.15, -0.1) is 0 Å². The van der Waals surface area contributed by atoms with Crippen molar-refractivity contribution in [2.75, 3.05) is 10.7 Å². The molecule has 5 heteroatoms. The van der Waals surface area contributed by atoms with Crippen LogP contribution in [-0.4, -0.2) is 16.0 Å². The van der Waals surface area contributed by atoms with Gasteiger partial charge in [-0.05, 0) is 38.5 Å². The number of nitrogens with two attached hydrogens (primary N) is 1. The Balaban J connectivity index is 1.84. The van der Waals surface area contributed by atoms with Crippen molar-refractivity contribution in [1.29, 1.82) is 0 Å². The summed E-state index contributed by atoms with van der Waals surface area (Å²) in [7, 11) is 0. The van der Waals surface area contributed by atoms with E-state index in [-0.39, 0.29) is 0 Å². The van der Waals surface area contributed by atoms with Crippen molar-refractivity contribution in [3.8, 4) is 0 Å². The zero-order chi connectivity index (χ0) is 14.8. The first kappa shape index (κ1) is 14.6. The lowest BCUT2D eigenvalue weighted by molar-refractivity contribution is 0.455. The van der Waals surface area contributed by atoms with E-state index >= 15 is 0 Å². The highest BCUT2D eigenvalue weighted by Gasteiger charge is 2.29. The fourth-order valence-electron chi connectivity index (χ4n) is 3.22. The molecule has 1 aromatic rings. The summed E-state index contributed by atoms with van der Waals surface area (Å²) in [6.07, 6.45) is 8.95. The molecule has 0 spiro atoms. The van der Waals surface area contributed by atoms with E-state index < -0.39 is 0 Å². The Morgan fingerprint density at radius 1 is 1.00 bits per heavy atom. The lowest BCUT2D eigenvalue weighted by atomic mass is 9.97. The minimum absolute atomic E-state index is 0.513. The van der Waals surface area contributed by atoms with Crippen LogP contribution in [0.25, 0.3) is 0 Å². The van der Waals surface area contributed by atoms with Crippen molar-refractivity contribution < 1.29 is 0 Å². The van der Waals surface area contributed by atoms with E-state index in [0.29, 0.717) is 17.9 Å². The van der Waals surface area contributed by atoms with Gasteiger partial charge in [-0.25, -0.2) is 15.8 Å². The minimum atomic E-state index is 0.513. The molecular formula is C16H27N5. The van der Waals surface area contributed by atoms with Gasteiger partial charge in [0, 0.05) is 17.5 Å². The molecule has 3 rings (SSSR count). The highest BCUT2D eigenvalue weighted by atomic mass is 15.3. The van der Waals surface area contributed by atoms with Gasteiger partial charge in [0.1, 0.15) is 17.5 Å². The molecule has 0 aliphatic heterocycles. The van der Waals surface area contributed by atoms with Crippen molar-refractivity contribution >= 4 is 11.6 Å². The molecule has 116 valence electrons. The summed E-state index contributed by atoms with van der Waals surface area (Å²) in [6.45, 7) is 4.39. The monoisotopic (exact) mass is 289 g/mol. The molecule has 2 saturated carbocycles. The average Bonchev–Trinajstić information content (AvgIpc) is 3.31. The number of nitrogens with one attached hydrogen (secondary N) is 2. The molecule has 21 heavy (non-hydrogen) atoms. The van der Waals surface area contributed by atoms with Crippen LogP contribution < -0.4 is 16.6 Å². The van der Waals surface area contributed by atoms with Crippen LogP contribution in [0.1, 0.15) is 69.2 Å². The molecule has 1 aromatic heterocycles. The Hall–Kier alpha value is -1.36. The zero-order valence-corrected chi connectivity index (χ0v) is 13.2. The van der Waals surface area contributed by atoms with Gasteiger partial charge in [0.15, 0.2) is 0 Å². The smallest absolute Gasteiger partial charge is 0.148 e. The first-order valence-electron chi connectivity index (χ1n) is 8.30. The van der Waals surface area contributed by atoms with E-state index in [1.165, 1.54) is 44.9 Å². The van der Waals surface area contributed by atoms with Crippen molar-refractivity contribution in [3.63, 3.8) is 0 Å². The largest absolute Gasteiger partial charge is 0.367 e. The molecule has 1 heterocycles. The maximum atomic E-state index is 5.63.